The molecule has 0 bridgehead atoms. The van der Waals surface area contributed by atoms with Gasteiger partial charge in [0.2, 0.25) is 0 Å². The summed E-state index contributed by atoms with van der Waals surface area (Å²) in [6.45, 7) is 2.33. The van der Waals surface area contributed by atoms with E-state index in [-0.39, 0.29) is 15.8 Å². The summed E-state index contributed by atoms with van der Waals surface area (Å²) in [5, 5.41) is 12.8. The van der Waals surface area contributed by atoms with E-state index >= 15 is 0 Å². The Morgan fingerprint density at radius 2 is 1.67 bits per heavy atom. The normalized spacial score (nSPS) is 12.3. The molecule has 1 amide bonds. The molecule has 0 fully saturated rings. The van der Waals surface area contributed by atoms with Gasteiger partial charge in [-0.2, -0.15) is 18.4 Å². The van der Waals surface area contributed by atoms with Crippen molar-refractivity contribution in [2.45, 2.75) is 39.0 Å². The van der Waals surface area contributed by atoms with Gasteiger partial charge in [0.25, 0.3) is 11.5 Å². The van der Waals surface area contributed by atoms with Crippen LogP contribution in [0.25, 0.3) is 17.3 Å². The van der Waals surface area contributed by atoms with Crippen molar-refractivity contribution in [3.05, 3.63) is 139 Å². The van der Waals surface area contributed by atoms with Gasteiger partial charge in [0.1, 0.15) is 17.3 Å². The number of alkyl halides is 3. The molecular formula is C38H32F3N3O4S. The molecule has 0 radical (unpaired) electrons. The number of nitrogens with one attached hydrogen (secondary N) is 1. The number of carbonyl (C=O) groups is 1. The number of nitriles is 1. The number of unbranched alkanes of at least 4 members (excludes halogenated alkanes) is 1. The third-order valence-corrected chi connectivity index (χ3v) is 8.67. The van der Waals surface area contributed by atoms with Crippen molar-refractivity contribution >= 4 is 34.6 Å². The molecule has 1 N–H and O–H groups in total. The van der Waals surface area contributed by atoms with Crippen molar-refractivity contribution in [3.8, 4) is 23.3 Å². The highest BCUT2D eigenvalue weighted by Crippen LogP contribution is 2.33. The van der Waals surface area contributed by atoms with Crippen LogP contribution in [0.3, 0.4) is 0 Å². The first-order valence-electron chi connectivity index (χ1n) is 15.4. The first-order chi connectivity index (χ1) is 23.6. The van der Waals surface area contributed by atoms with Crippen LogP contribution in [0.4, 0.5) is 18.9 Å². The molecule has 1 heterocycles. The summed E-state index contributed by atoms with van der Waals surface area (Å²) in [6, 6.07) is 27.9. The Bertz CT molecular complexity index is 2170. The van der Waals surface area contributed by atoms with E-state index in [2.05, 4.69) is 12.2 Å². The number of ether oxygens (including phenoxy) is 2. The smallest absolute Gasteiger partial charge is 0.418 e. The molecule has 0 saturated carbocycles. The van der Waals surface area contributed by atoms with Crippen LogP contribution in [0.2, 0.25) is 0 Å². The van der Waals surface area contributed by atoms with E-state index in [1.54, 1.807) is 30.3 Å². The first kappa shape index (κ1) is 34.7. The second kappa shape index (κ2) is 15.5. The summed E-state index contributed by atoms with van der Waals surface area (Å²) in [5.41, 5.74) is -0.0813. The zero-order valence-corrected chi connectivity index (χ0v) is 27.5. The standard InChI is InChI=1S/C38H32F3N3O4S/c1-3-4-10-25-15-18-28(19-16-25)43-35(45)29(23-42)37-44(31-14-9-8-13-30(31)38(39,40)41)36(46)34(49-37)22-27-17-20-32(47-2)33(21-27)48-24-26-11-6-5-7-12-26/h5-9,11-22H,3-4,10,24H2,1-2H3,(H,43,45). The molecule has 7 nitrogen and oxygen atoms in total. The number of para-hydroxylation sites is 1. The lowest BCUT2D eigenvalue weighted by Crippen LogP contribution is -2.33. The molecule has 0 aliphatic rings. The van der Waals surface area contributed by atoms with Gasteiger partial charge < -0.3 is 14.8 Å². The van der Waals surface area contributed by atoms with E-state index in [1.807, 2.05) is 48.5 Å². The number of halogens is 3. The average molecular weight is 684 g/mol. The van der Waals surface area contributed by atoms with Crippen molar-refractivity contribution in [2.24, 2.45) is 0 Å². The number of benzene rings is 4. The SMILES string of the molecule is CCCCc1ccc(NC(=O)C(C#N)=c2sc(=Cc3ccc(OC)c(OCc4ccccc4)c3)c(=O)n2-c2ccccc2C(F)(F)F)cc1. The number of nitrogens with zero attached hydrogens (tertiary/aromatic N) is 2. The largest absolute Gasteiger partial charge is 0.493 e. The molecule has 0 spiro atoms. The van der Waals surface area contributed by atoms with Gasteiger partial charge in [-0.3, -0.25) is 14.2 Å². The van der Waals surface area contributed by atoms with E-state index in [4.69, 9.17) is 9.47 Å². The van der Waals surface area contributed by atoms with E-state index in [0.717, 1.165) is 58.4 Å². The monoisotopic (exact) mass is 683 g/mol. The van der Waals surface area contributed by atoms with Gasteiger partial charge in [-0.1, -0.05) is 74.0 Å². The van der Waals surface area contributed by atoms with Crippen LogP contribution in [0.5, 0.6) is 11.5 Å². The number of anilines is 1. The summed E-state index contributed by atoms with van der Waals surface area (Å²) in [7, 11) is 1.49. The molecule has 0 unspecified atom stereocenters. The number of aryl methyl sites for hydroxylation is 1. The fraction of sp³-hybridized carbons (Fsp3) is 0.184. The van der Waals surface area contributed by atoms with Gasteiger partial charge in [-0.25, -0.2) is 0 Å². The van der Waals surface area contributed by atoms with Crippen molar-refractivity contribution in [1.29, 1.82) is 5.26 Å². The minimum atomic E-state index is -4.82. The van der Waals surface area contributed by atoms with Crippen molar-refractivity contribution in [3.63, 3.8) is 0 Å². The summed E-state index contributed by atoms with van der Waals surface area (Å²) in [6.07, 6.45) is -0.450. The maximum Gasteiger partial charge on any atom is 0.418 e. The van der Waals surface area contributed by atoms with Gasteiger partial charge in [-0.15, -0.1) is 11.3 Å². The van der Waals surface area contributed by atoms with Crippen molar-refractivity contribution in [1.82, 2.24) is 4.57 Å². The van der Waals surface area contributed by atoms with E-state index in [1.165, 1.54) is 25.3 Å². The van der Waals surface area contributed by atoms with Crippen molar-refractivity contribution in [2.75, 3.05) is 12.4 Å². The molecule has 5 rings (SSSR count). The topological polar surface area (TPSA) is 93.4 Å². The fourth-order valence-electron chi connectivity index (χ4n) is 5.08. The highest BCUT2D eigenvalue weighted by atomic mass is 32.1. The van der Waals surface area contributed by atoms with Gasteiger partial charge in [0, 0.05) is 5.69 Å². The second-order valence-electron chi connectivity index (χ2n) is 11.0. The zero-order valence-electron chi connectivity index (χ0n) is 26.7. The van der Waals surface area contributed by atoms with Gasteiger partial charge in [0.05, 0.1) is 22.9 Å². The summed E-state index contributed by atoms with van der Waals surface area (Å²) in [4.78, 5) is 27.5. The van der Waals surface area contributed by atoms with E-state index in [0.29, 0.717) is 22.7 Å². The number of carbonyl (C=O) groups excluding carboxylic acids is 1. The van der Waals surface area contributed by atoms with Crippen molar-refractivity contribution < 1.29 is 27.4 Å². The van der Waals surface area contributed by atoms with Crippen LogP contribution in [0, 0.1) is 11.3 Å². The third-order valence-electron chi connectivity index (χ3n) is 7.58. The zero-order chi connectivity index (χ0) is 35.0. The van der Waals surface area contributed by atoms with Gasteiger partial charge >= 0.3 is 6.18 Å². The Morgan fingerprint density at radius 1 is 0.959 bits per heavy atom. The van der Waals surface area contributed by atoms with Crippen LogP contribution in [-0.4, -0.2) is 17.6 Å². The second-order valence-corrected chi connectivity index (χ2v) is 12.0. The van der Waals surface area contributed by atoms with E-state index < -0.39 is 34.5 Å². The van der Waals surface area contributed by atoms with E-state index in [9.17, 15) is 28.0 Å². The number of rotatable bonds is 11. The third kappa shape index (κ3) is 8.28. The molecule has 0 aliphatic carbocycles. The minimum Gasteiger partial charge on any atom is -0.493 e. The van der Waals surface area contributed by atoms with Crippen LogP contribution in [0.1, 0.15) is 42.0 Å². The number of methoxy groups -OCH3 is 1. The maximum absolute atomic E-state index is 14.2. The Morgan fingerprint density at radius 3 is 2.35 bits per heavy atom. The molecule has 4 aromatic carbocycles. The Hall–Kier alpha value is -5.60. The molecular weight excluding hydrogens is 651 g/mol. The molecule has 5 aromatic rings. The summed E-state index contributed by atoms with van der Waals surface area (Å²) >= 11 is 0.739. The number of thiazole rings is 1. The van der Waals surface area contributed by atoms with Crippen LogP contribution < -0.4 is 29.5 Å². The highest BCUT2D eigenvalue weighted by molar-refractivity contribution is 7.07. The number of hydrogen-bond donors (Lipinski definition) is 1. The molecule has 0 saturated heterocycles. The predicted octanol–water partition coefficient (Wildman–Crippen LogP) is 6.99. The Kier molecular flexibility index (Phi) is 11.0. The lowest BCUT2D eigenvalue weighted by molar-refractivity contribution is -0.137. The maximum atomic E-state index is 14.2. The van der Waals surface area contributed by atoms with Crippen LogP contribution >= 0.6 is 11.3 Å². The molecule has 1 aromatic heterocycles. The fourth-order valence-corrected chi connectivity index (χ4v) is 6.18. The van der Waals surface area contributed by atoms with Gasteiger partial charge in [0.15, 0.2) is 17.1 Å². The molecule has 49 heavy (non-hydrogen) atoms. The van der Waals surface area contributed by atoms with Gasteiger partial charge in [-0.05, 0) is 72.0 Å². The molecule has 250 valence electrons. The highest BCUT2D eigenvalue weighted by Gasteiger charge is 2.34. The quantitative estimate of drug-likeness (QED) is 0.162. The minimum absolute atomic E-state index is 0.00743. The first-order valence-corrected chi connectivity index (χ1v) is 16.2. The summed E-state index contributed by atoms with van der Waals surface area (Å²) < 4.78 is 54.6. The molecule has 0 aliphatic heterocycles. The Labute approximate surface area is 284 Å². The Balaban J connectivity index is 1.64. The van der Waals surface area contributed by atoms with Crippen LogP contribution in [0.15, 0.2) is 102 Å². The number of amides is 1. The molecule has 11 heteroatoms. The average Bonchev–Trinajstić information content (AvgIpc) is 3.41. The number of hydrogen-bond acceptors (Lipinski definition) is 6. The van der Waals surface area contributed by atoms with Crippen LogP contribution in [-0.2, 0) is 24.0 Å². The lowest BCUT2D eigenvalue weighted by atomic mass is 10.1. The molecule has 0 atom stereocenters. The summed E-state index contributed by atoms with van der Waals surface area (Å²) in [5.74, 6) is -0.0495. The lowest BCUT2D eigenvalue weighted by Gasteiger charge is -2.13. The number of aromatic nitrogens is 1. The predicted molar refractivity (Wildman–Crippen MR) is 184 cm³/mol.